The van der Waals surface area contributed by atoms with Crippen LogP contribution in [0.3, 0.4) is 0 Å². The standard InChI is InChI=1S/C16H24BrN/c1-3-12-8-4-5-9-13(12)16(18-2)14-10-6-7-11-15(14)17/h6-7,10-13,16,18H,3-5,8-9H2,1-2H3. The van der Waals surface area contributed by atoms with Gasteiger partial charge in [0.2, 0.25) is 0 Å². The van der Waals surface area contributed by atoms with Crippen LogP contribution in [-0.4, -0.2) is 7.05 Å². The Morgan fingerprint density at radius 3 is 2.67 bits per heavy atom. The summed E-state index contributed by atoms with van der Waals surface area (Å²) in [5.41, 5.74) is 1.42. The lowest BCUT2D eigenvalue weighted by Crippen LogP contribution is -2.32. The van der Waals surface area contributed by atoms with Crippen molar-refractivity contribution in [3.63, 3.8) is 0 Å². The largest absolute Gasteiger partial charge is 0.313 e. The first-order valence-corrected chi connectivity index (χ1v) is 7.99. The number of hydrogen-bond acceptors (Lipinski definition) is 1. The number of halogens is 1. The van der Waals surface area contributed by atoms with Gasteiger partial charge in [-0.15, -0.1) is 0 Å². The summed E-state index contributed by atoms with van der Waals surface area (Å²) in [4.78, 5) is 0. The van der Waals surface area contributed by atoms with Crippen LogP contribution in [0.5, 0.6) is 0 Å². The quantitative estimate of drug-likeness (QED) is 0.832. The van der Waals surface area contributed by atoms with E-state index >= 15 is 0 Å². The Hall–Kier alpha value is -0.340. The zero-order valence-corrected chi connectivity index (χ0v) is 13.0. The van der Waals surface area contributed by atoms with Crippen LogP contribution in [0.25, 0.3) is 0 Å². The third kappa shape index (κ3) is 2.97. The molecule has 2 rings (SSSR count). The van der Waals surface area contributed by atoms with Crippen molar-refractivity contribution in [3.05, 3.63) is 34.3 Å². The molecule has 1 N–H and O–H groups in total. The number of hydrogen-bond donors (Lipinski definition) is 1. The second kappa shape index (κ2) is 6.72. The molecule has 1 aromatic rings. The fourth-order valence-corrected chi connectivity index (χ4v) is 4.04. The van der Waals surface area contributed by atoms with Crippen LogP contribution < -0.4 is 5.32 Å². The van der Waals surface area contributed by atoms with E-state index in [0.29, 0.717) is 6.04 Å². The molecule has 0 saturated heterocycles. The number of rotatable bonds is 4. The van der Waals surface area contributed by atoms with Crippen molar-refractivity contribution in [3.8, 4) is 0 Å². The molecule has 1 aliphatic carbocycles. The highest BCUT2D eigenvalue weighted by atomic mass is 79.9. The van der Waals surface area contributed by atoms with Crippen LogP contribution in [0, 0.1) is 11.8 Å². The molecule has 0 heterocycles. The topological polar surface area (TPSA) is 12.0 Å². The fraction of sp³-hybridized carbons (Fsp3) is 0.625. The van der Waals surface area contributed by atoms with Crippen molar-refractivity contribution in [2.45, 2.75) is 45.1 Å². The fourth-order valence-electron chi connectivity index (χ4n) is 3.51. The van der Waals surface area contributed by atoms with Gasteiger partial charge in [0.15, 0.2) is 0 Å². The van der Waals surface area contributed by atoms with E-state index < -0.39 is 0 Å². The Labute approximate surface area is 119 Å². The number of nitrogens with one attached hydrogen (secondary N) is 1. The molecule has 2 heteroatoms. The molecule has 0 aromatic heterocycles. The van der Waals surface area contributed by atoms with Gasteiger partial charge >= 0.3 is 0 Å². The Morgan fingerprint density at radius 1 is 1.28 bits per heavy atom. The molecule has 3 atom stereocenters. The molecule has 0 amide bonds. The SMILES string of the molecule is CCC1CCCCC1C(NC)c1ccccc1Br. The summed E-state index contributed by atoms with van der Waals surface area (Å²) in [6.45, 7) is 2.34. The normalized spacial score (nSPS) is 25.9. The smallest absolute Gasteiger partial charge is 0.0360 e. The summed E-state index contributed by atoms with van der Waals surface area (Å²) in [6, 6.07) is 9.15. The highest BCUT2D eigenvalue weighted by molar-refractivity contribution is 9.10. The Kier molecular flexibility index (Phi) is 5.25. The van der Waals surface area contributed by atoms with Gasteiger partial charge in [0.05, 0.1) is 0 Å². The molecule has 3 unspecified atom stereocenters. The molecule has 1 nitrogen and oxygen atoms in total. The van der Waals surface area contributed by atoms with Crippen LogP contribution in [0.15, 0.2) is 28.7 Å². The Bertz CT molecular complexity index is 377. The van der Waals surface area contributed by atoms with Crippen molar-refractivity contribution in [2.24, 2.45) is 11.8 Å². The minimum absolute atomic E-state index is 0.492. The summed E-state index contributed by atoms with van der Waals surface area (Å²) in [5, 5.41) is 3.56. The minimum Gasteiger partial charge on any atom is -0.313 e. The van der Waals surface area contributed by atoms with Crippen LogP contribution in [0.2, 0.25) is 0 Å². The Morgan fingerprint density at radius 2 is 2.00 bits per heavy atom. The van der Waals surface area contributed by atoms with E-state index in [1.807, 2.05) is 0 Å². The second-order valence-electron chi connectivity index (χ2n) is 5.40. The summed E-state index contributed by atoms with van der Waals surface area (Å²) < 4.78 is 1.24. The average Bonchev–Trinajstić information content (AvgIpc) is 2.42. The lowest BCUT2D eigenvalue weighted by molar-refractivity contribution is 0.180. The molecule has 0 radical (unpaired) electrons. The van der Waals surface area contributed by atoms with Crippen LogP contribution in [0.4, 0.5) is 0 Å². The monoisotopic (exact) mass is 309 g/mol. The van der Waals surface area contributed by atoms with E-state index in [4.69, 9.17) is 0 Å². The summed E-state index contributed by atoms with van der Waals surface area (Å²) in [5.74, 6) is 1.66. The van der Waals surface area contributed by atoms with Gasteiger partial charge in [-0.2, -0.15) is 0 Å². The first kappa shape index (κ1) is 14.1. The highest BCUT2D eigenvalue weighted by Gasteiger charge is 2.31. The lowest BCUT2D eigenvalue weighted by atomic mass is 9.72. The molecular weight excluding hydrogens is 286 g/mol. The van der Waals surface area contributed by atoms with Gasteiger partial charge in [-0.05, 0) is 36.9 Å². The minimum atomic E-state index is 0.492. The second-order valence-corrected chi connectivity index (χ2v) is 6.26. The molecule has 18 heavy (non-hydrogen) atoms. The first-order valence-electron chi connectivity index (χ1n) is 7.19. The van der Waals surface area contributed by atoms with Gasteiger partial charge in [0, 0.05) is 10.5 Å². The molecule has 1 aliphatic rings. The average molecular weight is 310 g/mol. The molecule has 0 spiro atoms. The van der Waals surface area contributed by atoms with E-state index in [1.165, 1.54) is 42.1 Å². The van der Waals surface area contributed by atoms with Crippen molar-refractivity contribution >= 4 is 15.9 Å². The van der Waals surface area contributed by atoms with Gasteiger partial charge < -0.3 is 5.32 Å². The predicted molar refractivity (Wildman–Crippen MR) is 81.7 cm³/mol. The number of benzene rings is 1. The molecular formula is C16H24BrN. The summed E-state index contributed by atoms with van der Waals surface area (Å²) in [6.07, 6.45) is 6.90. The molecule has 1 fully saturated rings. The van der Waals surface area contributed by atoms with Crippen LogP contribution in [0.1, 0.15) is 50.6 Å². The summed E-state index contributed by atoms with van der Waals surface area (Å²) in [7, 11) is 2.10. The molecule has 1 saturated carbocycles. The molecule has 0 aliphatic heterocycles. The van der Waals surface area contributed by atoms with E-state index in [9.17, 15) is 0 Å². The Balaban J connectivity index is 2.24. The van der Waals surface area contributed by atoms with Gasteiger partial charge in [-0.1, -0.05) is 66.7 Å². The van der Waals surface area contributed by atoms with Crippen LogP contribution >= 0.6 is 15.9 Å². The van der Waals surface area contributed by atoms with Gasteiger partial charge in [-0.3, -0.25) is 0 Å². The third-order valence-electron chi connectivity index (χ3n) is 4.47. The first-order chi connectivity index (χ1) is 8.77. The zero-order valence-electron chi connectivity index (χ0n) is 11.5. The van der Waals surface area contributed by atoms with E-state index in [2.05, 4.69) is 59.5 Å². The maximum Gasteiger partial charge on any atom is 0.0360 e. The predicted octanol–water partition coefficient (Wildman–Crippen LogP) is 4.93. The molecule has 0 bridgehead atoms. The molecule has 1 aromatic carbocycles. The van der Waals surface area contributed by atoms with Crippen molar-refractivity contribution in [1.82, 2.24) is 5.32 Å². The van der Waals surface area contributed by atoms with Crippen molar-refractivity contribution < 1.29 is 0 Å². The maximum absolute atomic E-state index is 3.71. The van der Waals surface area contributed by atoms with Gasteiger partial charge in [0.25, 0.3) is 0 Å². The van der Waals surface area contributed by atoms with E-state index in [-0.39, 0.29) is 0 Å². The maximum atomic E-state index is 3.71. The van der Waals surface area contributed by atoms with Gasteiger partial charge in [0.1, 0.15) is 0 Å². The zero-order chi connectivity index (χ0) is 13.0. The van der Waals surface area contributed by atoms with Crippen LogP contribution in [-0.2, 0) is 0 Å². The molecule has 100 valence electrons. The third-order valence-corrected chi connectivity index (χ3v) is 5.19. The van der Waals surface area contributed by atoms with Crippen molar-refractivity contribution in [1.29, 1.82) is 0 Å². The lowest BCUT2D eigenvalue weighted by Gasteiger charge is -2.37. The highest BCUT2D eigenvalue weighted by Crippen LogP contribution is 2.41. The van der Waals surface area contributed by atoms with Gasteiger partial charge in [-0.25, -0.2) is 0 Å². The van der Waals surface area contributed by atoms with Crippen molar-refractivity contribution in [2.75, 3.05) is 7.05 Å². The summed E-state index contributed by atoms with van der Waals surface area (Å²) >= 11 is 3.71. The van der Waals surface area contributed by atoms with E-state index in [0.717, 1.165) is 11.8 Å². The van der Waals surface area contributed by atoms with E-state index in [1.54, 1.807) is 0 Å².